The zero-order valence-corrected chi connectivity index (χ0v) is 13.5. The van der Waals surface area contributed by atoms with Gasteiger partial charge in [-0.05, 0) is 37.6 Å². The van der Waals surface area contributed by atoms with Gasteiger partial charge >= 0.3 is 0 Å². The molecule has 2 rings (SSSR count). The normalized spacial score (nSPS) is 12.0. The quantitative estimate of drug-likeness (QED) is 0.568. The van der Waals surface area contributed by atoms with Crippen molar-refractivity contribution in [1.29, 1.82) is 0 Å². The summed E-state index contributed by atoms with van der Waals surface area (Å²) in [4.78, 5) is 13.1. The van der Waals surface area contributed by atoms with Gasteiger partial charge in [0.1, 0.15) is 12.4 Å². The SMILES string of the molecule is CC(Sc1ccccc1)C(=O)NCCCOCc1ccco1. The number of ether oxygens (including phenoxy) is 1. The van der Waals surface area contributed by atoms with Crippen molar-refractivity contribution in [1.82, 2.24) is 5.32 Å². The van der Waals surface area contributed by atoms with Crippen LogP contribution in [-0.4, -0.2) is 24.3 Å². The average molecular weight is 319 g/mol. The molecule has 0 saturated heterocycles. The molecule has 0 radical (unpaired) electrons. The minimum atomic E-state index is -0.105. The molecule has 1 N–H and O–H groups in total. The Morgan fingerprint density at radius 2 is 2.09 bits per heavy atom. The first kappa shape index (κ1) is 16.6. The molecule has 0 aliphatic rings. The van der Waals surface area contributed by atoms with E-state index in [1.54, 1.807) is 18.0 Å². The molecule has 1 aromatic carbocycles. The lowest BCUT2D eigenvalue weighted by atomic mass is 10.4. The summed E-state index contributed by atoms with van der Waals surface area (Å²) in [5.74, 6) is 0.872. The fraction of sp³-hybridized carbons (Fsp3) is 0.353. The van der Waals surface area contributed by atoms with E-state index in [0.29, 0.717) is 19.8 Å². The highest BCUT2D eigenvalue weighted by Gasteiger charge is 2.13. The van der Waals surface area contributed by atoms with Crippen molar-refractivity contribution in [3.8, 4) is 0 Å². The van der Waals surface area contributed by atoms with Crippen LogP contribution in [0.25, 0.3) is 0 Å². The Labute approximate surface area is 135 Å². The maximum absolute atomic E-state index is 12.0. The summed E-state index contributed by atoms with van der Waals surface area (Å²) < 4.78 is 10.6. The number of thioether (sulfide) groups is 1. The van der Waals surface area contributed by atoms with Gasteiger partial charge in [-0.25, -0.2) is 0 Å². The number of nitrogens with one attached hydrogen (secondary N) is 1. The van der Waals surface area contributed by atoms with Crippen LogP contribution in [0.15, 0.2) is 58.0 Å². The van der Waals surface area contributed by atoms with Crippen molar-refractivity contribution in [3.63, 3.8) is 0 Å². The molecule has 0 saturated carbocycles. The lowest BCUT2D eigenvalue weighted by Gasteiger charge is -2.12. The van der Waals surface area contributed by atoms with Gasteiger partial charge in [0.25, 0.3) is 0 Å². The van der Waals surface area contributed by atoms with E-state index in [2.05, 4.69) is 5.32 Å². The van der Waals surface area contributed by atoms with Crippen LogP contribution in [0.5, 0.6) is 0 Å². The third-order valence-corrected chi connectivity index (χ3v) is 4.13. The summed E-state index contributed by atoms with van der Waals surface area (Å²) in [6.45, 7) is 3.61. The monoisotopic (exact) mass is 319 g/mol. The van der Waals surface area contributed by atoms with Crippen molar-refractivity contribution in [2.24, 2.45) is 0 Å². The number of benzene rings is 1. The zero-order valence-electron chi connectivity index (χ0n) is 12.7. The molecule has 1 aromatic heterocycles. The van der Waals surface area contributed by atoms with Crippen LogP contribution >= 0.6 is 11.8 Å². The van der Waals surface area contributed by atoms with E-state index in [1.807, 2.05) is 49.4 Å². The van der Waals surface area contributed by atoms with Gasteiger partial charge in [0.05, 0.1) is 11.5 Å². The molecular weight excluding hydrogens is 298 g/mol. The minimum Gasteiger partial charge on any atom is -0.467 e. The highest BCUT2D eigenvalue weighted by Crippen LogP contribution is 2.22. The van der Waals surface area contributed by atoms with E-state index in [1.165, 1.54) is 0 Å². The second kappa shape index (κ2) is 9.33. The van der Waals surface area contributed by atoms with E-state index >= 15 is 0 Å². The first-order chi connectivity index (χ1) is 10.8. The number of carbonyl (C=O) groups is 1. The third-order valence-electron chi connectivity index (χ3n) is 3.01. The summed E-state index contributed by atoms with van der Waals surface area (Å²) in [7, 11) is 0. The van der Waals surface area contributed by atoms with Gasteiger partial charge in [-0.1, -0.05) is 18.2 Å². The second-order valence-corrected chi connectivity index (χ2v) is 6.26. The Balaban J connectivity index is 1.55. The van der Waals surface area contributed by atoms with Crippen LogP contribution < -0.4 is 5.32 Å². The van der Waals surface area contributed by atoms with Crippen LogP contribution in [0, 0.1) is 0 Å². The number of furan rings is 1. The lowest BCUT2D eigenvalue weighted by molar-refractivity contribution is -0.120. The van der Waals surface area contributed by atoms with Crippen LogP contribution in [0.1, 0.15) is 19.1 Å². The van der Waals surface area contributed by atoms with E-state index in [4.69, 9.17) is 9.15 Å². The minimum absolute atomic E-state index is 0.0555. The van der Waals surface area contributed by atoms with Crippen LogP contribution in [0.4, 0.5) is 0 Å². The molecule has 0 spiro atoms. The predicted octanol–water partition coefficient (Wildman–Crippen LogP) is 3.48. The smallest absolute Gasteiger partial charge is 0.233 e. The fourth-order valence-corrected chi connectivity index (χ4v) is 2.77. The van der Waals surface area contributed by atoms with E-state index < -0.39 is 0 Å². The maximum Gasteiger partial charge on any atom is 0.233 e. The Kier molecular flexibility index (Phi) is 7.06. The van der Waals surface area contributed by atoms with Crippen molar-refractivity contribution < 1.29 is 13.9 Å². The van der Waals surface area contributed by atoms with Crippen molar-refractivity contribution >= 4 is 17.7 Å². The van der Waals surface area contributed by atoms with Gasteiger partial charge in [-0.2, -0.15) is 0 Å². The lowest BCUT2D eigenvalue weighted by Crippen LogP contribution is -2.32. The largest absolute Gasteiger partial charge is 0.467 e. The molecular formula is C17H21NO3S. The molecule has 1 amide bonds. The molecule has 22 heavy (non-hydrogen) atoms. The Hall–Kier alpha value is -1.72. The van der Waals surface area contributed by atoms with Gasteiger partial charge in [0.15, 0.2) is 0 Å². The first-order valence-electron chi connectivity index (χ1n) is 7.35. The molecule has 5 heteroatoms. The average Bonchev–Trinajstić information content (AvgIpc) is 3.04. The molecule has 1 heterocycles. The Morgan fingerprint density at radius 3 is 2.82 bits per heavy atom. The summed E-state index contributed by atoms with van der Waals surface area (Å²) in [6.07, 6.45) is 2.42. The highest BCUT2D eigenvalue weighted by molar-refractivity contribution is 8.00. The van der Waals surface area contributed by atoms with E-state index in [9.17, 15) is 4.79 Å². The number of carbonyl (C=O) groups excluding carboxylic acids is 1. The van der Waals surface area contributed by atoms with Crippen molar-refractivity contribution in [2.75, 3.05) is 13.2 Å². The predicted molar refractivity (Wildman–Crippen MR) is 87.8 cm³/mol. The molecule has 118 valence electrons. The molecule has 1 unspecified atom stereocenters. The van der Waals surface area contributed by atoms with Gasteiger partial charge in [0, 0.05) is 18.0 Å². The number of hydrogen-bond donors (Lipinski definition) is 1. The van der Waals surface area contributed by atoms with Gasteiger partial charge in [0.2, 0.25) is 5.91 Å². The molecule has 0 aliphatic carbocycles. The molecule has 0 bridgehead atoms. The third kappa shape index (κ3) is 5.95. The van der Waals surface area contributed by atoms with Crippen LogP contribution in [-0.2, 0) is 16.1 Å². The molecule has 2 aromatic rings. The van der Waals surface area contributed by atoms with E-state index in [-0.39, 0.29) is 11.2 Å². The van der Waals surface area contributed by atoms with Crippen LogP contribution in [0.2, 0.25) is 0 Å². The van der Waals surface area contributed by atoms with Gasteiger partial charge < -0.3 is 14.5 Å². The maximum atomic E-state index is 12.0. The Morgan fingerprint density at radius 1 is 1.27 bits per heavy atom. The summed E-state index contributed by atoms with van der Waals surface area (Å²) in [6, 6.07) is 13.7. The molecule has 0 fully saturated rings. The molecule has 1 atom stereocenters. The number of hydrogen-bond acceptors (Lipinski definition) is 4. The topological polar surface area (TPSA) is 51.5 Å². The fourth-order valence-electron chi connectivity index (χ4n) is 1.85. The van der Waals surface area contributed by atoms with Gasteiger partial charge in [-0.15, -0.1) is 11.8 Å². The molecule has 4 nitrogen and oxygen atoms in total. The van der Waals surface area contributed by atoms with Crippen LogP contribution in [0.3, 0.4) is 0 Å². The summed E-state index contributed by atoms with van der Waals surface area (Å²) >= 11 is 1.56. The van der Waals surface area contributed by atoms with Crippen molar-refractivity contribution in [3.05, 3.63) is 54.5 Å². The molecule has 0 aliphatic heterocycles. The summed E-state index contributed by atoms with van der Waals surface area (Å²) in [5, 5.41) is 2.83. The van der Waals surface area contributed by atoms with E-state index in [0.717, 1.165) is 17.1 Å². The highest BCUT2D eigenvalue weighted by atomic mass is 32.2. The number of amides is 1. The first-order valence-corrected chi connectivity index (χ1v) is 8.23. The second-order valence-electron chi connectivity index (χ2n) is 4.85. The zero-order chi connectivity index (χ0) is 15.6. The van der Waals surface area contributed by atoms with Crippen molar-refractivity contribution in [2.45, 2.75) is 30.1 Å². The van der Waals surface area contributed by atoms with Gasteiger partial charge in [-0.3, -0.25) is 4.79 Å². The standard InChI is InChI=1S/C17H21NO3S/c1-14(22-16-8-3-2-4-9-16)17(19)18-10-6-11-20-13-15-7-5-12-21-15/h2-5,7-9,12,14H,6,10-11,13H2,1H3,(H,18,19). The Bertz CT molecular complexity index is 542. The summed E-state index contributed by atoms with van der Waals surface area (Å²) in [5.41, 5.74) is 0. The number of rotatable bonds is 9.